The molecule has 0 aliphatic carbocycles. The van der Waals surface area contributed by atoms with Crippen molar-refractivity contribution in [3.8, 4) is 11.5 Å². The van der Waals surface area contributed by atoms with Crippen molar-refractivity contribution in [3.63, 3.8) is 0 Å². The van der Waals surface area contributed by atoms with Crippen LogP contribution in [0.15, 0.2) is 52.9 Å². The number of halogens is 2. The molecule has 3 aromatic rings. The van der Waals surface area contributed by atoms with Gasteiger partial charge in [-0.05, 0) is 42.5 Å². The second kappa shape index (κ2) is 7.43. The fourth-order valence-corrected chi connectivity index (χ4v) is 3.25. The molecule has 2 heterocycles. The Bertz CT molecular complexity index is 875. The average Bonchev–Trinajstić information content (AvgIpc) is 3.12. The number of aromatic nitrogens is 2. The number of hydrogen-bond acceptors (Lipinski definition) is 5. The van der Waals surface area contributed by atoms with E-state index in [0.717, 1.165) is 37.4 Å². The number of anilines is 1. The summed E-state index contributed by atoms with van der Waals surface area (Å²) in [6.45, 7) is 4.13. The third-order valence-electron chi connectivity index (χ3n) is 4.46. The van der Waals surface area contributed by atoms with Crippen LogP contribution in [0.3, 0.4) is 0 Å². The van der Waals surface area contributed by atoms with E-state index in [1.54, 1.807) is 6.07 Å². The van der Waals surface area contributed by atoms with Crippen molar-refractivity contribution in [1.29, 1.82) is 0 Å². The molecule has 0 N–H and O–H groups in total. The lowest BCUT2D eigenvalue weighted by atomic mass is 10.2. The van der Waals surface area contributed by atoms with Gasteiger partial charge in [0.15, 0.2) is 0 Å². The summed E-state index contributed by atoms with van der Waals surface area (Å²) in [5.74, 6) is 0.863. The highest BCUT2D eigenvalue weighted by molar-refractivity contribution is 6.30. The predicted molar refractivity (Wildman–Crippen MR) is 98.6 cm³/mol. The summed E-state index contributed by atoms with van der Waals surface area (Å²) in [5, 5.41) is 8.90. The lowest BCUT2D eigenvalue weighted by Crippen LogP contribution is -2.46. The molecule has 2 aromatic carbocycles. The van der Waals surface area contributed by atoms with Crippen molar-refractivity contribution in [1.82, 2.24) is 15.1 Å². The molecular weight excluding hydrogens is 355 g/mol. The summed E-state index contributed by atoms with van der Waals surface area (Å²) < 4.78 is 18.8. The van der Waals surface area contributed by atoms with E-state index in [1.165, 1.54) is 12.1 Å². The summed E-state index contributed by atoms with van der Waals surface area (Å²) in [7, 11) is 0. The van der Waals surface area contributed by atoms with Crippen molar-refractivity contribution in [2.45, 2.75) is 6.54 Å². The summed E-state index contributed by atoms with van der Waals surface area (Å²) in [4.78, 5) is 4.52. The molecule has 1 aliphatic rings. The molecule has 134 valence electrons. The number of hydrogen-bond donors (Lipinski definition) is 0. The molecule has 0 atom stereocenters. The van der Waals surface area contributed by atoms with Crippen LogP contribution in [0.4, 0.5) is 10.1 Å². The Labute approximate surface area is 156 Å². The SMILES string of the molecule is Fc1ccc(N2CCN(Cc3nnc(-c4cccc(Cl)c4)o3)CC2)cc1. The predicted octanol–water partition coefficient (Wildman–Crippen LogP) is 3.85. The number of nitrogens with zero attached hydrogens (tertiary/aromatic N) is 4. The van der Waals surface area contributed by atoms with E-state index >= 15 is 0 Å². The summed E-state index contributed by atoms with van der Waals surface area (Å²) in [6.07, 6.45) is 0. The van der Waals surface area contributed by atoms with Gasteiger partial charge in [0, 0.05) is 42.5 Å². The Morgan fingerprint density at radius 1 is 1.00 bits per heavy atom. The molecule has 7 heteroatoms. The fourth-order valence-electron chi connectivity index (χ4n) is 3.06. The van der Waals surface area contributed by atoms with Gasteiger partial charge in [0.2, 0.25) is 11.8 Å². The first-order chi connectivity index (χ1) is 12.7. The van der Waals surface area contributed by atoms with E-state index in [4.69, 9.17) is 16.0 Å². The fraction of sp³-hybridized carbons (Fsp3) is 0.263. The summed E-state index contributed by atoms with van der Waals surface area (Å²) in [6, 6.07) is 14.0. The molecule has 26 heavy (non-hydrogen) atoms. The van der Waals surface area contributed by atoms with E-state index in [1.807, 2.05) is 30.3 Å². The third-order valence-corrected chi connectivity index (χ3v) is 4.70. The Morgan fingerprint density at radius 2 is 1.77 bits per heavy atom. The molecule has 5 nitrogen and oxygen atoms in total. The standard InChI is InChI=1S/C19H18ClFN4O/c20-15-3-1-2-14(12-15)19-23-22-18(26-19)13-24-8-10-25(11-9-24)17-6-4-16(21)5-7-17/h1-7,12H,8-11,13H2. The molecule has 4 rings (SSSR count). The van der Waals surface area contributed by atoms with E-state index in [9.17, 15) is 4.39 Å². The van der Waals surface area contributed by atoms with Gasteiger partial charge in [-0.2, -0.15) is 0 Å². The lowest BCUT2D eigenvalue weighted by molar-refractivity contribution is 0.227. The second-order valence-corrected chi connectivity index (χ2v) is 6.69. The summed E-state index contributed by atoms with van der Waals surface area (Å²) in [5.41, 5.74) is 1.87. The highest BCUT2D eigenvalue weighted by Gasteiger charge is 2.19. The van der Waals surface area contributed by atoms with Gasteiger partial charge < -0.3 is 9.32 Å². The van der Waals surface area contributed by atoms with Crippen molar-refractivity contribution >= 4 is 17.3 Å². The van der Waals surface area contributed by atoms with Crippen LogP contribution in [-0.4, -0.2) is 41.3 Å². The van der Waals surface area contributed by atoms with Crippen molar-refractivity contribution in [2.75, 3.05) is 31.1 Å². The molecule has 1 saturated heterocycles. The topological polar surface area (TPSA) is 45.4 Å². The molecule has 0 saturated carbocycles. The van der Waals surface area contributed by atoms with E-state index in [0.29, 0.717) is 23.3 Å². The van der Waals surface area contributed by atoms with Gasteiger partial charge >= 0.3 is 0 Å². The number of piperazine rings is 1. The molecular formula is C19H18ClFN4O. The van der Waals surface area contributed by atoms with Gasteiger partial charge in [0.05, 0.1) is 6.54 Å². The Balaban J connectivity index is 1.35. The smallest absolute Gasteiger partial charge is 0.247 e. The first kappa shape index (κ1) is 17.0. The average molecular weight is 373 g/mol. The van der Waals surface area contributed by atoms with Gasteiger partial charge in [-0.15, -0.1) is 10.2 Å². The lowest BCUT2D eigenvalue weighted by Gasteiger charge is -2.35. The minimum absolute atomic E-state index is 0.209. The van der Waals surface area contributed by atoms with Crippen LogP contribution in [-0.2, 0) is 6.54 Å². The van der Waals surface area contributed by atoms with E-state index < -0.39 is 0 Å². The summed E-state index contributed by atoms with van der Waals surface area (Å²) >= 11 is 6.01. The highest BCUT2D eigenvalue weighted by atomic mass is 35.5. The van der Waals surface area contributed by atoms with Gasteiger partial charge in [0.25, 0.3) is 0 Å². The minimum atomic E-state index is -0.209. The Morgan fingerprint density at radius 3 is 2.50 bits per heavy atom. The van der Waals surface area contributed by atoms with Crippen LogP contribution < -0.4 is 4.90 Å². The normalized spacial score (nSPS) is 15.4. The van der Waals surface area contributed by atoms with Gasteiger partial charge in [-0.1, -0.05) is 17.7 Å². The maximum absolute atomic E-state index is 13.0. The molecule has 0 amide bonds. The maximum Gasteiger partial charge on any atom is 0.247 e. The largest absolute Gasteiger partial charge is 0.419 e. The maximum atomic E-state index is 13.0. The van der Waals surface area contributed by atoms with Gasteiger partial charge in [-0.25, -0.2) is 4.39 Å². The van der Waals surface area contributed by atoms with Gasteiger partial charge in [-0.3, -0.25) is 4.90 Å². The zero-order valence-corrected chi connectivity index (χ0v) is 14.9. The van der Waals surface area contributed by atoms with Gasteiger partial charge in [0.1, 0.15) is 5.82 Å². The molecule has 0 radical (unpaired) electrons. The zero-order valence-electron chi connectivity index (χ0n) is 14.1. The minimum Gasteiger partial charge on any atom is -0.419 e. The second-order valence-electron chi connectivity index (χ2n) is 6.25. The molecule has 1 aliphatic heterocycles. The highest BCUT2D eigenvalue weighted by Crippen LogP contribution is 2.22. The zero-order chi connectivity index (χ0) is 17.9. The monoisotopic (exact) mass is 372 g/mol. The van der Waals surface area contributed by atoms with Crippen LogP contribution >= 0.6 is 11.6 Å². The first-order valence-corrected chi connectivity index (χ1v) is 8.86. The first-order valence-electron chi connectivity index (χ1n) is 8.48. The number of rotatable bonds is 4. The Hall–Kier alpha value is -2.44. The molecule has 0 spiro atoms. The van der Waals surface area contributed by atoms with Crippen molar-refractivity contribution in [3.05, 3.63) is 65.3 Å². The molecule has 1 aromatic heterocycles. The van der Waals surface area contributed by atoms with Crippen LogP contribution in [0, 0.1) is 5.82 Å². The van der Waals surface area contributed by atoms with Crippen LogP contribution in [0.1, 0.15) is 5.89 Å². The van der Waals surface area contributed by atoms with E-state index in [-0.39, 0.29) is 5.82 Å². The quantitative estimate of drug-likeness (QED) is 0.696. The van der Waals surface area contributed by atoms with Crippen molar-refractivity contribution < 1.29 is 8.81 Å². The van der Waals surface area contributed by atoms with Crippen LogP contribution in [0.25, 0.3) is 11.5 Å². The number of benzene rings is 2. The third kappa shape index (κ3) is 3.86. The Kier molecular flexibility index (Phi) is 4.86. The van der Waals surface area contributed by atoms with Crippen LogP contribution in [0.5, 0.6) is 0 Å². The van der Waals surface area contributed by atoms with Crippen molar-refractivity contribution in [2.24, 2.45) is 0 Å². The molecule has 0 unspecified atom stereocenters. The van der Waals surface area contributed by atoms with E-state index in [2.05, 4.69) is 20.0 Å². The molecule has 0 bridgehead atoms. The molecule has 1 fully saturated rings. The van der Waals surface area contributed by atoms with Crippen LogP contribution in [0.2, 0.25) is 5.02 Å².